The molecule has 0 radical (unpaired) electrons. The van der Waals surface area contributed by atoms with Crippen LogP contribution in [0.1, 0.15) is 44.6 Å². The third-order valence-corrected chi connectivity index (χ3v) is 6.92. The normalized spacial score (nSPS) is 18.2. The van der Waals surface area contributed by atoms with Gasteiger partial charge in [0.2, 0.25) is 5.91 Å². The Bertz CT molecular complexity index is 1320. The lowest BCUT2D eigenvalue weighted by Gasteiger charge is -2.45. The minimum absolute atomic E-state index is 0.0665. The summed E-state index contributed by atoms with van der Waals surface area (Å²) in [5.41, 5.74) is 4.81. The van der Waals surface area contributed by atoms with Crippen LogP contribution in [0, 0.1) is 6.92 Å². The van der Waals surface area contributed by atoms with Crippen LogP contribution < -0.4 is 19.5 Å². The summed E-state index contributed by atoms with van der Waals surface area (Å²) in [7, 11) is 4.76. The van der Waals surface area contributed by atoms with E-state index < -0.39 is 12.0 Å². The highest BCUT2D eigenvalue weighted by Crippen LogP contribution is 2.48. The van der Waals surface area contributed by atoms with Crippen molar-refractivity contribution in [3.05, 3.63) is 82.4 Å². The van der Waals surface area contributed by atoms with Crippen molar-refractivity contribution in [1.29, 1.82) is 0 Å². The van der Waals surface area contributed by atoms with Gasteiger partial charge in [-0.25, -0.2) is 0 Å². The topological polar surface area (TPSA) is 77.1 Å². The second-order valence-corrected chi connectivity index (χ2v) is 8.86. The van der Waals surface area contributed by atoms with E-state index in [4.69, 9.17) is 14.2 Å². The summed E-state index contributed by atoms with van der Waals surface area (Å²) in [5.74, 6) is 0.893. The fourth-order valence-corrected chi connectivity index (χ4v) is 5.27. The first-order valence-electron chi connectivity index (χ1n) is 11.6. The third kappa shape index (κ3) is 3.77. The largest absolute Gasteiger partial charge is 0.495 e. The number of amides is 2. The number of ether oxygens (including phenoxy) is 3. The van der Waals surface area contributed by atoms with Crippen molar-refractivity contribution in [3.8, 4) is 17.2 Å². The maximum atomic E-state index is 14.0. The molecule has 5 rings (SSSR count). The van der Waals surface area contributed by atoms with Crippen LogP contribution in [0.2, 0.25) is 0 Å². The molecule has 0 spiro atoms. The molecule has 0 saturated carbocycles. The number of nitrogens with zero attached hydrogens (tertiary/aromatic N) is 1. The number of carbonyl (C=O) groups is 2. The SMILES string of the molecule is COc1ccc(C)cc1NC(=O)[C@H]1c2ccccc2C(=O)N2CCc3cc(OC)c(OC)cc3[C@@H]12. The summed E-state index contributed by atoms with van der Waals surface area (Å²) in [4.78, 5) is 29.3. The monoisotopic (exact) mass is 472 g/mol. The van der Waals surface area contributed by atoms with Gasteiger partial charge < -0.3 is 24.4 Å². The highest BCUT2D eigenvalue weighted by atomic mass is 16.5. The fourth-order valence-electron chi connectivity index (χ4n) is 5.27. The lowest BCUT2D eigenvalue weighted by molar-refractivity contribution is -0.119. The molecule has 180 valence electrons. The molecule has 3 aromatic carbocycles. The number of anilines is 1. The van der Waals surface area contributed by atoms with E-state index in [1.807, 2.05) is 60.4 Å². The summed E-state index contributed by atoms with van der Waals surface area (Å²) >= 11 is 0. The molecule has 2 amide bonds. The van der Waals surface area contributed by atoms with E-state index in [1.165, 1.54) is 0 Å². The van der Waals surface area contributed by atoms with Gasteiger partial charge in [-0.3, -0.25) is 9.59 Å². The van der Waals surface area contributed by atoms with E-state index >= 15 is 0 Å². The van der Waals surface area contributed by atoms with Gasteiger partial charge in [-0.05, 0) is 65.9 Å². The van der Waals surface area contributed by atoms with Gasteiger partial charge in [0.05, 0.1) is 39.0 Å². The van der Waals surface area contributed by atoms with Crippen molar-refractivity contribution in [2.24, 2.45) is 0 Å². The predicted molar refractivity (Wildman–Crippen MR) is 133 cm³/mol. The smallest absolute Gasteiger partial charge is 0.254 e. The third-order valence-electron chi connectivity index (χ3n) is 6.92. The molecule has 0 aliphatic carbocycles. The highest BCUT2D eigenvalue weighted by molar-refractivity contribution is 6.05. The Kier molecular flexibility index (Phi) is 5.84. The van der Waals surface area contributed by atoms with Gasteiger partial charge in [-0.15, -0.1) is 0 Å². The second kappa shape index (κ2) is 8.98. The molecule has 0 unspecified atom stereocenters. The average Bonchev–Trinajstić information content (AvgIpc) is 2.88. The minimum atomic E-state index is -0.619. The number of aryl methyl sites for hydroxylation is 1. The van der Waals surface area contributed by atoms with Crippen LogP contribution in [-0.4, -0.2) is 44.6 Å². The summed E-state index contributed by atoms with van der Waals surface area (Å²) in [5, 5.41) is 3.08. The molecule has 0 saturated heterocycles. The van der Waals surface area contributed by atoms with Crippen LogP contribution >= 0.6 is 0 Å². The van der Waals surface area contributed by atoms with Crippen LogP contribution in [0.15, 0.2) is 54.6 Å². The van der Waals surface area contributed by atoms with Crippen LogP contribution in [0.5, 0.6) is 17.2 Å². The fraction of sp³-hybridized carbons (Fsp3) is 0.286. The molecule has 2 aliphatic rings. The maximum absolute atomic E-state index is 14.0. The Morgan fingerprint density at radius 3 is 2.37 bits per heavy atom. The van der Waals surface area contributed by atoms with Gasteiger partial charge in [-0.1, -0.05) is 24.3 Å². The molecule has 2 heterocycles. The molecule has 0 fully saturated rings. The number of hydrogen-bond donors (Lipinski definition) is 1. The Balaban J connectivity index is 1.66. The number of hydrogen-bond acceptors (Lipinski definition) is 5. The lowest BCUT2D eigenvalue weighted by atomic mass is 9.75. The second-order valence-electron chi connectivity index (χ2n) is 8.86. The van der Waals surface area contributed by atoms with Gasteiger partial charge in [0.15, 0.2) is 11.5 Å². The first-order chi connectivity index (χ1) is 17.0. The van der Waals surface area contributed by atoms with Gasteiger partial charge in [0, 0.05) is 12.1 Å². The first kappa shape index (κ1) is 22.8. The average molecular weight is 473 g/mol. The zero-order chi connectivity index (χ0) is 24.7. The van der Waals surface area contributed by atoms with Gasteiger partial charge in [0.25, 0.3) is 5.91 Å². The van der Waals surface area contributed by atoms with Gasteiger partial charge in [-0.2, -0.15) is 0 Å². The number of rotatable bonds is 5. The summed E-state index contributed by atoms with van der Waals surface area (Å²) < 4.78 is 16.6. The standard InChI is InChI=1S/C28H28N2O5/c1-16-9-10-22(33-2)21(13-16)29-27(31)25-18-7-5-6-8-19(18)28(32)30-12-11-17-14-23(34-3)24(35-4)15-20(17)26(25)30/h5-10,13-15,25-26H,11-12H2,1-4H3,(H,29,31)/t25-,26-/m0/s1. The number of benzene rings is 3. The van der Waals surface area contributed by atoms with Crippen molar-refractivity contribution >= 4 is 17.5 Å². The molecule has 7 nitrogen and oxygen atoms in total. The van der Waals surface area contributed by atoms with Gasteiger partial charge >= 0.3 is 0 Å². The van der Waals surface area contributed by atoms with Crippen molar-refractivity contribution in [1.82, 2.24) is 4.90 Å². The molecule has 2 aliphatic heterocycles. The quantitative estimate of drug-likeness (QED) is 0.592. The van der Waals surface area contributed by atoms with Crippen LogP contribution in [-0.2, 0) is 11.2 Å². The molecule has 35 heavy (non-hydrogen) atoms. The molecule has 0 bridgehead atoms. The van der Waals surface area contributed by atoms with Crippen molar-refractivity contribution in [2.45, 2.75) is 25.3 Å². The van der Waals surface area contributed by atoms with E-state index in [0.29, 0.717) is 47.0 Å². The zero-order valence-corrected chi connectivity index (χ0v) is 20.3. The highest BCUT2D eigenvalue weighted by Gasteiger charge is 2.46. The molecule has 0 aromatic heterocycles. The molecule has 1 N–H and O–H groups in total. The van der Waals surface area contributed by atoms with Crippen molar-refractivity contribution in [3.63, 3.8) is 0 Å². The van der Waals surface area contributed by atoms with Gasteiger partial charge in [0.1, 0.15) is 5.75 Å². The van der Waals surface area contributed by atoms with E-state index in [2.05, 4.69) is 5.32 Å². The summed E-state index contributed by atoms with van der Waals surface area (Å²) in [6.07, 6.45) is 0.667. The Morgan fingerprint density at radius 2 is 1.63 bits per heavy atom. The van der Waals surface area contributed by atoms with Crippen molar-refractivity contribution in [2.75, 3.05) is 33.2 Å². The van der Waals surface area contributed by atoms with E-state index in [-0.39, 0.29) is 11.8 Å². The van der Waals surface area contributed by atoms with Crippen LogP contribution in [0.25, 0.3) is 0 Å². The van der Waals surface area contributed by atoms with Crippen LogP contribution in [0.3, 0.4) is 0 Å². The van der Waals surface area contributed by atoms with E-state index in [1.54, 1.807) is 27.4 Å². The number of fused-ring (bicyclic) bond motifs is 4. The van der Waals surface area contributed by atoms with E-state index in [9.17, 15) is 9.59 Å². The molecular weight excluding hydrogens is 444 g/mol. The lowest BCUT2D eigenvalue weighted by Crippen LogP contribution is -2.49. The molecular formula is C28H28N2O5. The van der Waals surface area contributed by atoms with E-state index in [0.717, 1.165) is 16.7 Å². The maximum Gasteiger partial charge on any atom is 0.254 e. The number of carbonyl (C=O) groups excluding carboxylic acids is 2. The Labute approximate surface area is 204 Å². The minimum Gasteiger partial charge on any atom is -0.495 e. The molecule has 2 atom stereocenters. The summed E-state index contributed by atoms with van der Waals surface area (Å²) in [6, 6.07) is 16.4. The Hall–Kier alpha value is -4.00. The zero-order valence-electron chi connectivity index (χ0n) is 20.3. The van der Waals surface area contributed by atoms with Crippen molar-refractivity contribution < 1.29 is 23.8 Å². The summed E-state index contributed by atoms with van der Waals surface area (Å²) in [6.45, 7) is 2.47. The number of nitrogens with one attached hydrogen (secondary N) is 1. The molecule has 3 aromatic rings. The Morgan fingerprint density at radius 1 is 0.914 bits per heavy atom. The number of methoxy groups -OCH3 is 3. The molecule has 7 heteroatoms. The first-order valence-corrected chi connectivity index (χ1v) is 11.6. The van der Waals surface area contributed by atoms with Crippen LogP contribution in [0.4, 0.5) is 5.69 Å². The predicted octanol–water partition coefficient (Wildman–Crippen LogP) is 4.50.